The fourth-order valence-corrected chi connectivity index (χ4v) is 2.72. The van der Waals surface area contributed by atoms with Gasteiger partial charge in [0.2, 0.25) is 0 Å². The van der Waals surface area contributed by atoms with Crippen LogP contribution in [0.15, 0.2) is 15.5 Å². The van der Waals surface area contributed by atoms with Crippen molar-refractivity contribution in [1.82, 2.24) is 20.0 Å². The van der Waals surface area contributed by atoms with Crippen LogP contribution in [0.2, 0.25) is 0 Å². The van der Waals surface area contributed by atoms with Gasteiger partial charge in [-0.25, -0.2) is 4.68 Å². The smallest absolute Gasteiger partial charge is 0.283 e. The molecule has 1 aliphatic rings. The minimum absolute atomic E-state index is 0.0837. The molecular weight excluding hydrogens is 322 g/mol. The first-order valence-electron chi connectivity index (χ1n) is 7.15. The van der Waals surface area contributed by atoms with Crippen LogP contribution in [-0.4, -0.2) is 53.9 Å². The predicted molar refractivity (Wildman–Crippen MR) is 84.3 cm³/mol. The van der Waals surface area contributed by atoms with E-state index in [1.807, 2.05) is 6.92 Å². The minimum atomic E-state index is -0.0837. The van der Waals surface area contributed by atoms with Crippen LogP contribution in [0.3, 0.4) is 0 Å². The summed E-state index contributed by atoms with van der Waals surface area (Å²) in [7, 11) is 0. The van der Waals surface area contributed by atoms with Gasteiger partial charge >= 0.3 is 0 Å². The van der Waals surface area contributed by atoms with Crippen LogP contribution in [0, 0.1) is 0 Å². The number of aryl methyl sites for hydroxylation is 1. The largest absolute Gasteiger partial charge is 0.383 e. The molecule has 0 spiro atoms. The molecule has 0 aromatic carbocycles. The molecule has 0 atom stereocenters. The van der Waals surface area contributed by atoms with Crippen molar-refractivity contribution in [3.05, 3.63) is 21.0 Å². The van der Waals surface area contributed by atoms with Gasteiger partial charge in [0.05, 0.1) is 11.9 Å². The number of halogens is 1. The molecule has 0 saturated carbocycles. The van der Waals surface area contributed by atoms with Crippen LogP contribution in [0.1, 0.15) is 13.3 Å². The highest BCUT2D eigenvalue weighted by atomic mass is 79.9. The number of hydrogen-bond donors (Lipinski definition) is 2. The van der Waals surface area contributed by atoms with Gasteiger partial charge in [-0.05, 0) is 35.8 Å². The summed E-state index contributed by atoms with van der Waals surface area (Å²) in [6.45, 7) is 8.83. The lowest BCUT2D eigenvalue weighted by atomic mass is 10.3. The molecule has 2 heterocycles. The molecule has 1 saturated heterocycles. The summed E-state index contributed by atoms with van der Waals surface area (Å²) >= 11 is 3.35. The maximum atomic E-state index is 11.9. The monoisotopic (exact) mass is 343 g/mol. The highest BCUT2D eigenvalue weighted by Gasteiger charge is 2.09. The summed E-state index contributed by atoms with van der Waals surface area (Å²) < 4.78 is 2.01. The first kappa shape index (κ1) is 15.5. The van der Waals surface area contributed by atoms with E-state index < -0.39 is 0 Å². The fraction of sp³-hybridized carbons (Fsp3) is 0.692. The Hall–Kier alpha value is -0.920. The van der Waals surface area contributed by atoms with E-state index in [-0.39, 0.29) is 5.56 Å². The van der Waals surface area contributed by atoms with Gasteiger partial charge in [-0.2, -0.15) is 5.10 Å². The van der Waals surface area contributed by atoms with E-state index in [9.17, 15) is 4.79 Å². The first-order chi connectivity index (χ1) is 9.72. The van der Waals surface area contributed by atoms with Crippen LogP contribution >= 0.6 is 15.9 Å². The number of anilines is 1. The van der Waals surface area contributed by atoms with Crippen LogP contribution in [0.25, 0.3) is 0 Å². The third kappa shape index (κ3) is 4.04. The maximum Gasteiger partial charge on any atom is 0.283 e. The molecule has 1 aromatic heterocycles. The van der Waals surface area contributed by atoms with Gasteiger partial charge in [-0.3, -0.25) is 4.79 Å². The average molecular weight is 344 g/mol. The van der Waals surface area contributed by atoms with Crippen molar-refractivity contribution in [2.24, 2.45) is 0 Å². The highest BCUT2D eigenvalue weighted by molar-refractivity contribution is 9.10. The molecule has 1 aromatic rings. The van der Waals surface area contributed by atoms with Gasteiger partial charge in [-0.1, -0.05) is 0 Å². The number of piperazine rings is 1. The molecule has 112 valence electrons. The molecule has 7 heteroatoms. The molecular formula is C13H22BrN5O. The standard InChI is InChI=1S/C13H22BrN5O/c1-2-19-13(20)12(14)11(10-17-19)16-4-3-7-18-8-5-15-6-9-18/h10,15-16H,2-9H2,1H3. The minimum Gasteiger partial charge on any atom is -0.383 e. The van der Waals surface area contributed by atoms with Crippen molar-refractivity contribution in [3.8, 4) is 0 Å². The third-order valence-electron chi connectivity index (χ3n) is 3.46. The van der Waals surface area contributed by atoms with E-state index in [4.69, 9.17) is 0 Å². The van der Waals surface area contributed by atoms with Crippen molar-refractivity contribution in [2.45, 2.75) is 19.9 Å². The van der Waals surface area contributed by atoms with E-state index in [2.05, 4.69) is 36.6 Å². The second-order valence-electron chi connectivity index (χ2n) is 4.87. The van der Waals surface area contributed by atoms with Crippen LogP contribution in [0.5, 0.6) is 0 Å². The Morgan fingerprint density at radius 1 is 1.45 bits per heavy atom. The fourth-order valence-electron chi connectivity index (χ4n) is 2.27. The number of hydrogen-bond acceptors (Lipinski definition) is 5. The molecule has 2 N–H and O–H groups in total. The van der Waals surface area contributed by atoms with E-state index in [1.165, 1.54) is 4.68 Å². The van der Waals surface area contributed by atoms with Crippen molar-refractivity contribution in [3.63, 3.8) is 0 Å². The van der Waals surface area contributed by atoms with Crippen LogP contribution in [-0.2, 0) is 6.54 Å². The summed E-state index contributed by atoms with van der Waals surface area (Å²) in [5.74, 6) is 0. The van der Waals surface area contributed by atoms with Gasteiger partial charge in [0.15, 0.2) is 0 Å². The summed E-state index contributed by atoms with van der Waals surface area (Å²) in [5, 5.41) is 10.7. The molecule has 0 aliphatic carbocycles. The lowest BCUT2D eigenvalue weighted by molar-refractivity contribution is 0.240. The lowest BCUT2D eigenvalue weighted by Crippen LogP contribution is -2.44. The normalized spacial score (nSPS) is 16.3. The molecule has 0 unspecified atom stereocenters. The molecule has 6 nitrogen and oxygen atoms in total. The predicted octanol–water partition coefficient (Wildman–Crippen LogP) is 0.733. The SMILES string of the molecule is CCn1ncc(NCCCN2CCNCC2)c(Br)c1=O. The Labute approximate surface area is 127 Å². The summed E-state index contributed by atoms with van der Waals surface area (Å²) in [6.07, 6.45) is 2.77. The van der Waals surface area contributed by atoms with Gasteiger partial charge in [0.1, 0.15) is 4.47 Å². The summed E-state index contributed by atoms with van der Waals surface area (Å²) in [4.78, 5) is 14.4. The van der Waals surface area contributed by atoms with E-state index in [1.54, 1.807) is 6.20 Å². The molecule has 1 fully saturated rings. The van der Waals surface area contributed by atoms with Gasteiger partial charge < -0.3 is 15.5 Å². The van der Waals surface area contributed by atoms with Crippen molar-refractivity contribution >= 4 is 21.6 Å². The second-order valence-corrected chi connectivity index (χ2v) is 5.66. The Morgan fingerprint density at radius 2 is 2.20 bits per heavy atom. The molecule has 1 aliphatic heterocycles. The molecule has 0 radical (unpaired) electrons. The third-order valence-corrected chi connectivity index (χ3v) is 4.23. The Kier molecular flexibility index (Phi) is 6.00. The Morgan fingerprint density at radius 3 is 2.90 bits per heavy atom. The molecule has 0 amide bonds. The number of nitrogens with zero attached hydrogens (tertiary/aromatic N) is 3. The summed E-state index contributed by atoms with van der Waals surface area (Å²) in [5.41, 5.74) is 0.694. The second kappa shape index (κ2) is 7.75. The van der Waals surface area contributed by atoms with Gasteiger partial charge in [0.25, 0.3) is 5.56 Å². The maximum absolute atomic E-state index is 11.9. The Balaban J connectivity index is 1.79. The molecule has 2 rings (SSSR count). The van der Waals surface area contributed by atoms with Crippen molar-refractivity contribution < 1.29 is 0 Å². The molecule has 0 bridgehead atoms. The quantitative estimate of drug-likeness (QED) is 0.745. The highest BCUT2D eigenvalue weighted by Crippen LogP contribution is 2.15. The van der Waals surface area contributed by atoms with Gasteiger partial charge in [-0.15, -0.1) is 0 Å². The van der Waals surface area contributed by atoms with E-state index >= 15 is 0 Å². The zero-order valence-corrected chi connectivity index (χ0v) is 13.4. The average Bonchev–Trinajstić information content (AvgIpc) is 2.49. The van der Waals surface area contributed by atoms with Gasteiger partial charge in [0, 0.05) is 39.3 Å². The number of rotatable bonds is 6. The molecule has 20 heavy (non-hydrogen) atoms. The van der Waals surface area contributed by atoms with Crippen molar-refractivity contribution in [2.75, 3.05) is 44.6 Å². The Bertz CT molecular complexity index is 484. The zero-order valence-electron chi connectivity index (χ0n) is 11.9. The first-order valence-corrected chi connectivity index (χ1v) is 7.94. The van der Waals surface area contributed by atoms with E-state index in [0.29, 0.717) is 11.0 Å². The van der Waals surface area contributed by atoms with Crippen LogP contribution in [0.4, 0.5) is 5.69 Å². The number of aromatic nitrogens is 2. The zero-order chi connectivity index (χ0) is 14.4. The van der Waals surface area contributed by atoms with E-state index in [0.717, 1.165) is 51.4 Å². The number of nitrogens with one attached hydrogen (secondary N) is 2. The lowest BCUT2D eigenvalue weighted by Gasteiger charge is -2.27. The summed E-state index contributed by atoms with van der Waals surface area (Å²) in [6, 6.07) is 0. The van der Waals surface area contributed by atoms with Crippen LogP contribution < -0.4 is 16.2 Å². The van der Waals surface area contributed by atoms with Crippen molar-refractivity contribution in [1.29, 1.82) is 0 Å². The topological polar surface area (TPSA) is 62.2 Å².